The molecule has 0 aromatic heterocycles. The van der Waals surface area contributed by atoms with Crippen LogP contribution in [0.1, 0.15) is 15.9 Å². The van der Waals surface area contributed by atoms with Gasteiger partial charge in [-0.15, -0.1) is 0 Å². The fourth-order valence-electron chi connectivity index (χ4n) is 1.49. The van der Waals surface area contributed by atoms with Crippen molar-refractivity contribution in [3.63, 3.8) is 0 Å². The number of fused-ring (bicyclic) bond motifs is 1. The maximum absolute atomic E-state index is 11.8. The Labute approximate surface area is 96.4 Å². The van der Waals surface area contributed by atoms with E-state index in [4.69, 9.17) is 23.2 Å². The van der Waals surface area contributed by atoms with E-state index in [1.165, 1.54) is 0 Å². The fraction of sp³-hybridized carbons (Fsp3) is 0.200. The van der Waals surface area contributed by atoms with Gasteiger partial charge in [0.05, 0.1) is 5.69 Å². The van der Waals surface area contributed by atoms with E-state index in [0.29, 0.717) is 11.3 Å². The Morgan fingerprint density at radius 3 is 2.60 bits per heavy atom. The van der Waals surface area contributed by atoms with Crippen molar-refractivity contribution in [1.82, 2.24) is 0 Å². The second-order valence-electron chi connectivity index (χ2n) is 3.36. The molecule has 0 saturated heterocycles. The van der Waals surface area contributed by atoms with Crippen molar-refractivity contribution in [2.45, 2.75) is 11.3 Å². The number of hydrogen-bond acceptors (Lipinski definition) is 2. The molecular weight excluding hydrogens is 237 g/mol. The molecule has 3 nitrogen and oxygen atoms in total. The zero-order chi connectivity index (χ0) is 11.2. The number of Topliss-reactive ketones (excluding diaryl/α,β-unsaturated/α-hetero) is 1. The summed E-state index contributed by atoms with van der Waals surface area (Å²) < 4.78 is -2.01. The lowest BCUT2D eigenvalue weighted by Gasteiger charge is -2.26. The summed E-state index contributed by atoms with van der Waals surface area (Å²) in [5.74, 6) is -1.27. The van der Waals surface area contributed by atoms with Crippen molar-refractivity contribution in [1.29, 1.82) is 0 Å². The Morgan fingerprint density at radius 1 is 1.27 bits per heavy atom. The van der Waals surface area contributed by atoms with E-state index < -0.39 is 16.0 Å². The number of amides is 1. The molecule has 1 N–H and O–H groups in total. The Hall–Kier alpha value is -1.06. The number of para-hydroxylation sites is 1. The van der Waals surface area contributed by atoms with E-state index in [2.05, 4.69) is 5.32 Å². The van der Waals surface area contributed by atoms with E-state index in [0.717, 1.165) is 5.56 Å². The molecule has 15 heavy (non-hydrogen) atoms. The summed E-state index contributed by atoms with van der Waals surface area (Å²) >= 11 is 11.3. The van der Waals surface area contributed by atoms with Crippen LogP contribution in [0.15, 0.2) is 18.2 Å². The van der Waals surface area contributed by atoms with Gasteiger partial charge in [-0.3, -0.25) is 9.59 Å². The number of aryl methyl sites for hydroxylation is 1. The lowest BCUT2D eigenvalue weighted by atomic mass is 9.98. The van der Waals surface area contributed by atoms with Crippen molar-refractivity contribution in [2.75, 3.05) is 5.32 Å². The van der Waals surface area contributed by atoms with E-state index in [-0.39, 0.29) is 0 Å². The number of ketones is 1. The van der Waals surface area contributed by atoms with Crippen molar-refractivity contribution in [2.24, 2.45) is 0 Å². The molecule has 0 unspecified atom stereocenters. The van der Waals surface area contributed by atoms with Gasteiger partial charge in [-0.1, -0.05) is 35.3 Å². The highest BCUT2D eigenvalue weighted by Crippen LogP contribution is 2.36. The number of halogens is 2. The molecule has 1 aromatic carbocycles. The second kappa shape index (κ2) is 3.22. The van der Waals surface area contributed by atoms with Gasteiger partial charge in [0.2, 0.25) is 5.78 Å². The number of hydrogen-bond donors (Lipinski definition) is 1. The van der Waals surface area contributed by atoms with Crippen LogP contribution in [0.3, 0.4) is 0 Å². The fourth-order valence-corrected chi connectivity index (χ4v) is 1.79. The molecule has 2 rings (SSSR count). The Morgan fingerprint density at radius 2 is 1.93 bits per heavy atom. The van der Waals surface area contributed by atoms with Crippen molar-refractivity contribution < 1.29 is 9.59 Å². The zero-order valence-electron chi connectivity index (χ0n) is 7.80. The quantitative estimate of drug-likeness (QED) is 0.562. The highest BCUT2D eigenvalue weighted by molar-refractivity contribution is 6.71. The molecule has 1 aromatic rings. The molecule has 0 radical (unpaired) electrons. The number of rotatable bonds is 0. The first-order valence-electron chi connectivity index (χ1n) is 4.28. The molecule has 0 aliphatic carbocycles. The Balaban J connectivity index is 2.66. The Bertz CT molecular complexity index is 468. The normalized spacial score (nSPS) is 18.3. The molecule has 1 amide bonds. The maximum atomic E-state index is 11.8. The molecule has 0 atom stereocenters. The van der Waals surface area contributed by atoms with Gasteiger partial charge >= 0.3 is 0 Å². The predicted molar refractivity (Wildman–Crippen MR) is 58.6 cm³/mol. The minimum Gasteiger partial charge on any atom is -0.322 e. The predicted octanol–water partition coefficient (Wildman–Crippen LogP) is 2.30. The van der Waals surface area contributed by atoms with Crippen LogP contribution < -0.4 is 5.32 Å². The van der Waals surface area contributed by atoms with Crippen LogP contribution in [0.25, 0.3) is 0 Å². The van der Waals surface area contributed by atoms with Crippen LogP contribution in [0, 0.1) is 6.92 Å². The standard InChI is InChI=1S/C10H7Cl2NO2/c1-5-3-2-4-6-7(5)13-9(15)10(11,12)8(6)14/h2-4H,1H3,(H,13,15). The average molecular weight is 244 g/mol. The number of benzene rings is 1. The van der Waals surface area contributed by atoms with Crippen LogP contribution in [-0.4, -0.2) is 16.0 Å². The lowest BCUT2D eigenvalue weighted by Crippen LogP contribution is -2.44. The first kappa shape index (κ1) is 10.5. The van der Waals surface area contributed by atoms with Crippen LogP contribution in [-0.2, 0) is 4.79 Å². The lowest BCUT2D eigenvalue weighted by molar-refractivity contribution is -0.116. The monoisotopic (exact) mass is 243 g/mol. The molecule has 1 heterocycles. The van der Waals surface area contributed by atoms with E-state index >= 15 is 0 Å². The van der Waals surface area contributed by atoms with Crippen LogP contribution in [0.2, 0.25) is 0 Å². The van der Waals surface area contributed by atoms with Gasteiger partial charge in [0.1, 0.15) is 0 Å². The minimum atomic E-state index is -2.01. The molecule has 78 valence electrons. The van der Waals surface area contributed by atoms with Gasteiger partial charge in [0.15, 0.2) is 0 Å². The first-order chi connectivity index (χ1) is 6.94. The third kappa shape index (κ3) is 1.43. The van der Waals surface area contributed by atoms with Crippen LogP contribution in [0.5, 0.6) is 0 Å². The van der Waals surface area contributed by atoms with E-state index in [1.54, 1.807) is 25.1 Å². The summed E-state index contributed by atoms with van der Waals surface area (Å²) in [4.78, 5) is 23.2. The molecule has 5 heteroatoms. The van der Waals surface area contributed by atoms with Crippen LogP contribution in [0.4, 0.5) is 5.69 Å². The minimum absolute atomic E-state index is 0.347. The third-order valence-corrected chi connectivity index (χ3v) is 3.01. The largest absolute Gasteiger partial charge is 0.322 e. The molecule has 0 bridgehead atoms. The van der Waals surface area contributed by atoms with Gasteiger partial charge in [-0.2, -0.15) is 0 Å². The van der Waals surface area contributed by atoms with Gasteiger partial charge in [-0.25, -0.2) is 0 Å². The molecule has 0 fully saturated rings. The molecule has 1 aliphatic heterocycles. The van der Waals surface area contributed by atoms with Crippen molar-refractivity contribution in [3.05, 3.63) is 29.3 Å². The summed E-state index contributed by atoms with van der Waals surface area (Å²) in [7, 11) is 0. The maximum Gasteiger partial charge on any atom is 0.269 e. The number of anilines is 1. The van der Waals surface area contributed by atoms with Crippen molar-refractivity contribution >= 4 is 40.6 Å². The number of carbonyl (C=O) groups is 2. The van der Waals surface area contributed by atoms with Gasteiger partial charge in [0, 0.05) is 5.56 Å². The van der Waals surface area contributed by atoms with E-state index in [9.17, 15) is 9.59 Å². The first-order valence-corrected chi connectivity index (χ1v) is 5.04. The summed E-state index contributed by atoms with van der Waals surface area (Å²) in [6.07, 6.45) is 0. The highest BCUT2D eigenvalue weighted by atomic mass is 35.5. The zero-order valence-corrected chi connectivity index (χ0v) is 9.32. The summed E-state index contributed by atoms with van der Waals surface area (Å²) in [6.45, 7) is 1.79. The third-order valence-electron chi connectivity index (χ3n) is 2.33. The van der Waals surface area contributed by atoms with Crippen molar-refractivity contribution in [3.8, 4) is 0 Å². The average Bonchev–Trinajstić information content (AvgIpc) is 2.18. The number of alkyl halides is 2. The second-order valence-corrected chi connectivity index (χ2v) is 4.68. The van der Waals surface area contributed by atoms with Gasteiger partial charge < -0.3 is 5.32 Å². The molecular formula is C10H7Cl2NO2. The molecule has 1 aliphatic rings. The summed E-state index contributed by atoms with van der Waals surface area (Å²) in [5.41, 5.74) is 1.64. The SMILES string of the molecule is Cc1cccc2c1NC(=O)C(Cl)(Cl)C2=O. The number of nitrogens with one attached hydrogen (secondary N) is 1. The smallest absolute Gasteiger partial charge is 0.269 e. The van der Waals surface area contributed by atoms with Gasteiger partial charge in [-0.05, 0) is 18.6 Å². The summed E-state index contributed by atoms with van der Waals surface area (Å²) in [5, 5.41) is 2.53. The topological polar surface area (TPSA) is 46.2 Å². The number of carbonyl (C=O) groups excluding carboxylic acids is 2. The summed E-state index contributed by atoms with van der Waals surface area (Å²) in [6, 6.07) is 5.10. The van der Waals surface area contributed by atoms with E-state index in [1.807, 2.05) is 0 Å². The molecule has 0 spiro atoms. The molecule has 0 saturated carbocycles. The Kier molecular flexibility index (Phi) is 2.24. The highest BCUT2D eigenvalue weighted by Gasteiger charge is 2.47. The van der Waals surface area contributed by atoms with Gasteiger partial charge in [0.25, 0.3) is 10.2 Å². The van der Waals surface area contributed by atoms with Crippen LogP contribution >= 0.6 is 23.2 Å².